The first-order valence-corrected chi connectivity index (χ1v) is 9.07. The van der Waals surface area contributed by atoms with E-state index in [2.05, 4.69) is 39.7 Å². The number of aromatic nitrogens is 2. The summed E-state index contributed by atoms with van der Waals surface area (Å²) in [4.78, 5) is 20.5. The Kier molecular flexibility index (Phi) is 5.74. The van der Waals surface area contributed by atoms with E-state index in [4.69, 9.17) is 0 Å². The van der Waals surface area contributed by atoms with Gasteiger partial charge in [-0.05, 0) is 41.8 Å². The van der Waals surface area contributed by atoms with Crippen LogP contribution in [-0.2, 0) is 24.2 Å². The van der Waals surface area contributed by atoms with Gasteiger partial charge >= 0.3 is 0 Å². The number of rotatable bonds is 7. The zero-order valence-electron chi connectivity index (χ0n) is 14.0. The van der Waals surface area contributed by atoms with Gasteiger partial charge in [-0.3, -0.25) is 9.78 Å². The summed E-state index contributed by atoms with van der Waals surface area (Å²) < 4.78 is 0. The second kappa shape index (κ2) is 8.39. The highest BCUT2D eigenvalue weighted by Crippen LogP contribution is 2.21. The van der Waals surface area contributed by atoms with Gasteiger partial charge < -0.3 is 10.6 Å². The van der Waals surface area contributed by atoms with Crippen molar-refractivity contribution in [3.05, 3.63) is 71.0 Å². The molecule has 0 aliphatic rings. The second-order valence-corrected chi connectivity index (χ2v) is 6.49. The summed E-state index contributed by atoms with van der Waals surface area (Å²) in [5, 5.41) is 8.88. The molecule has 2 N–H and O–H groups in total. The van der Waals surface area contributed by atoms with Crippen LogP contribution in [0.3, 0.4) is 0 Å². The maximum atomic E-state index is 12.0. The lowest BCUT2D eigenvalue weighted by molar-refractivity contribution is -0.120. The van der Waals surface area contributed by atoms with Gasteiger partial charge in [0, 0.05) is 30.0 Å². The minimum Gasteiger partial charge on any atom is -0.352 e. The van der Waals surface area contributed by atoms with Crippen LogP contribution in [0.1, 0.15) is 23.7 Å². The van der Waals surface area contributed by atoms with Crippen molar-refractivity contribution < 1.29 is 4.79 Å². The van der Waals surface area contributed by atoms with E-state index in [1.165, 1.54) is 16.9 Å². The Morgan fingerprint density at radius 2 is 1.84 bits per heavy atom. The Hall–Kier alpha value is -2.73. The van der Waals surface area contributed by atoms with Crippen LogP contribution in [0.25, 0.3) is 0 Å². The van der Waals surface area contributed by atoms with Crippen molar-refractivity contribution in [1.29, 1.82) is 0 Å². The zero-order valence-corrected chi connectivity index (χ0v) is 14.8. The number of aryl methyl sites for hydroxylation is 1. The highest BCUT2D eigenvalue weighted by Gasteiger charge is 2.08. The molecule has 6 heteroatoms. The number of hydrogen-bond donors (Lipinski definition) is 2. The molecule has 2 heterocycles. The Morgan fingerprint density at radius 1 is 1.08 bits per heavy atom. The lowest BCUT2D eigenvalue weighted by atomic mass is 10.1. The fourth-order valence-electron chi connectivity index (χ4n) is 2.32. The number of anilines is 2. The standard InChI is InChI=1S/C19H20N4OS/c1-2-14-3-5-16(6-4-14)22-19-23-17(13-25-19)11-18(24)21-12-15-7-9-20-10-8-15/h3-10,13H,2,11-12H2,1H3,(H,21,24)(H,22,23). The van der Waals surface area contributed by atoms with Crippen molar-refractivity contribution in [3.8, 4) is 0 Å². The molecule has 0 aliphatic carbocycles. The summed E-state index contributed by atoms with van der Waals surface area (Å²) in [6, 6.07) is 12.1. The monoisotopic (exact) mass is 352 g/mol. The van der Waals surface area contributed by atoms with Crippen molar-refractivity contribution in [1.82, 2.24) is 15.3 Å². The molecule has 0 unspecified atom stereocenters. The van der Waals surface area contributed by atoms with E-state index in [9.17, 15) is 4.79 Å². The molecule has 0 aliphatic heterocycles. The number of thiazole rings is 1. The number of hydrogen-bond acceptors (Lipinski definition) is 5. The molecule has 0 saturated carbocycles. The number of carbonyl (C=O) groups is 1. The first-order valence-electron chi connectivity index (χ1n) is 8.19. The minimum absolute atomic E-state index is 0.0408. The van der Waals surface area contributed by atoms with E-state index in [0.29, 0.717) is 6.54 Å². The summed E-state index contributed by atoms with van der Waals surface area (Å²) in [7, 11) is 0. The second-order valence-electron chi connectivity index (χ2n) is 5.63. The third kappa shape index (κ3) is 5.12. The molecule has 0 radical (unpaired) electrons. The summed E-state index contributed by atoms with van der Waals surface area (Å²) in [5.41, 5.74) is 4.10. The normalized spacial score (nSPS) is 10.4. The topological polar surface area (TPSA) is 66.9 Å². The van der Waals surface area contributed by atoms with E-state index in [-0.39, 0.29) is 12.3 Å². The Bertz CT molecular complexity index is 815. The fraction of sp³-hybridized carbons (Fsp3) is 0.211. The molecule has 0 atom stereocenters. The Morgan fingerprint density at radius 3 is 2.56 bits per heavy atom. The first-order chi connectivity index (χ1) is 12.2. The lowest BCUT2D eigenvalue weighted by Gasteiger charge is -2.04. The summed E-state index contributed by atoms with van der Waals surface area (Å²) in [6.07, 6.45) is 4.73. The van der Waals surface area contributed by atoms with Crippen LogP contribution in [0.4, 0.5) is 10.8 Å². The maximum absolute atomic E-state index is 12.0. The molecule has 2 aromatic heterocycles. The molecular formula is C19H20N4OS. The fourth-order valence-corrected chi connectivity index (χ4v) is 3.05. The largest absolute Gasteiger partial charge is 0.352 e. The minimum atomic E-state index is -0.0408. The van der Waals surface area contributed by atoms with Crippen molar-refractivity contribution >= 4 is 28.1 Å². The number of nitrogens with one attached hydrogen (secondary N) is 2. The van der Waals surface area contributed by atoms with Crippen molar-refractivity contribution in [3.63, 3.8) is 0 Å². The molecule has 0 spiro atoms. The molecule has 1 amide bonds. The molecule has 3 rings (SSSR count). The molecule has 0 bridgehead atoms. The molecule has 1 aromatic carbocycles. The third-order valence-corrected chi connectivity index (χ3v) is 4.55. The quantitative estimate of drug-likeness (QED) is 0.680. The predicted molar refractivity (Wildman–Crippen MR) is 101 cm³/mol. The summed E-state index contributed by atoms with van der Waals surface area (Å²) >= 11 is 1.50. The van der Waals surface area contributed by atoms with Gasteiger partial charge in [-0.15, -0.1) is 11.3 Å². The van der Waals surface area contributed by atoms with Gasteiger partial charge in [-0.2, -0.15) is 0 Å². The van der Waals surface area contributed by atoms with Crippen LogP contribution in [0.15, 0.2) is 54.2 Å². The number of nitrogens with zero attached hydrogens (tertiary/aromatic N) is 2. The van der Waals surface area contributed by atoms with Crippen LogP contribution in [0.5, 0.6) is 0 Å². The van der Waals surface area contributed by atoms with Crippen molar-refractivity contribution in [2.75, 3.05) is 5.32 Å². The number of amides is 1. The predicted octanol–water partition coefficient (Wildman–Crippen LogP) is 3.70. The SMILES string of the molecule is CCc1ccc(Nc2nc(CC(=O)NCc3ccncc3)cs2)cc1. The highest BCUT2D eigenvalue weighted by molar-refractivity contribution is 7.13. The average Bonchev–Trinajstić information content (AvgIpc) is 3.08. The van der Waals surface area contributed by atoms with Crippen LogP contribution >= 0.6 is 11.3 Å². The molecule has 0 fully saturated rings. The van der Waals surface area contributed by atoms with E-state index >= 15 is 0 Å². The third-order valence-electron chi connectivity index (χ3n) is 3.75. The van der Waals surface area contributed by atoms with Gasteiger partial charge in [0.2, 0.25) is 5.91 Å². The van der Waals surface area contributed by atoms with Crippen LogP contribution in [0, 0.1) is 0 Å². The number of benzene rings is 1. The number of carbonyl (C=O) groups excluding carboxylic acids is 1. The first kappa shape index (κ1) is 17.1. The van der Waals surface area contributed by atoms with Gasteiger partial charge in [0.1, 0.15) is 0 Å². The van der Waals surface area contributed by atoms with Crippen LogP contribution in [-0.4, -0.2) is 15.9 Å². The molecule has 5 nitrogen and oxygen atoms in total. The Balaban J connectivity index is 1.51. The average molecular weight is 352 g/mol. The summed E-state index contributed by atoms with van der Waals surface area (Å²) in [6.45, 7) is 2.63. The lowest BCUT2D eigenvalue weighted by Crippen LogP contribution is -2.24. The van der Waals surface area contributed by atoms with E-state index in [1.807, 2.05) is 29.6 Å². The maximum Gasteiger partial charge on any atom is 0.226 e. The summed E-state index contributed by atoms with van der Waals surface area (Å²) in [5.74, 6) is -0.0408. The highest BCUT2D eigenvalue weighted by atomic mass is 32.1. The molecule has 128 valence electrons. The van der Waals surface area contributed by atoms with Gasteiger partial charge in [0.05, 0.1) is 12.1 Å². The smallest absolute Gasteiger partial charge is 0.226 e. The van der Waals surface area contributed by atoms with Gasteiger partial charge in [-0.25, -0.2) is 4.98 Å². The molecule has 0 saturated heterocycles. The van der Waals surface area contributed by atoms with Crippen molar-refractivity contribution in [2.45, 2.75) is 26.3 Å². The van der Waals surface area contributed by atoms with Gasteiger partial charge in [-0.1, -0.05) is 19.1 Å². The van der Waals surface area contributed by atoms with Gasteiger partial charge in [0.25, 0.3) is 0 Å². The van der Waals surface area contributed by atoms with Crippen LogP contribution < -0.4 is 10.6 Å². The van der Waals surface area contributed by atoms with Crippen LogP contribution in [0.2, 0.25) is 0 Å². The molecule has 25 heavy (non-hydrogen) atoms. The zero-order chi connectivity index (χ0) is 17.5. The van der Waals surface area contributed by atoms with Crippen molar-refractivity contribution in [2.24, 2.45) is 0 Å². The van der Waals surface area contributed by atoms with E-state index < -0.39 is 0 Å². The van der Waals surface area contributed by atoms with Gasteiger partial charge in [0.15, 0.2) is 5.13 Å². The van der Waals surface area contributed by atoms with E-state index in [1.54, 1.807) is 12.4 Å². The number of pyridine rings is 1. The Labute approximate surface area is 151 Å². The molecule has 3 aromatic rings. The molecular weight excluding hydrogens is 332 g/mol. The van der Waals surface area contributed by atoms with E-state index in [0.717, 1.165) is 28.5 Å².